The third-order valence-corrected chi connectivity index (χ3v) is 7.53. The molecule has 2 unspecified atom stereocenters. The number of hydrogen-bond acceptors (Lipinski definition) is 7. The second-order valence-electron chi connectivity index (χ2n) is 8.33. The van der Waals surface area contributed by atoms with E-state index in [1.165, 1.54) is 10.6 Å². The van der Waals surface area contributed by atoms with Crippen LogP contribution in [0.5, 0.6) is 0 Å². The van der Waals surface area contributed by atoms with Gasteiger partial charge in [-0.25, -0.2) is 15.0 Å². The Morgan fingerprint density at radius 1 is 1.28 bits per heavy atom. The molecule has 160 valence electrons. The third-order valence-electron chi connectivity index (χ3n) is 6.50. The molecule has 2 aliphatic heterocycles. The van der Waals surface area contributed by atoms with Crippen molar-refractivity contribution in [3.05, 3.63) is 48.7 Å². The molecule has 0 aliphatic carbocycles. The van der Waals surface area contributed by atoms with Crippen molar-refractivity contribution in [1.82, 2.24) is 29.7 Å². The molecular weight excluding hydrogens is 420 g/mol. The van der Waals surface area contributed by atoms with Gasteiger partial charge in [-0.15, -0.1) is 11.8 Å². The Morgan fingerprint density at radius 3 is 3.19 bits per heavy atom. The van der Waals surface area contributed by atoms with E-state index < -0.39 is 0 Å². The first kappa shape index (κ1) is 19.3. The van der Waals surface area contributed by atoms with Crippen LogP contribution in [0.3, 0.4) is 0 Å². The van der Waals surface area contributed by atoms with Crippen LogP contribution in [0.25, 0.3) is 22.3 Å². The van der Waals surface area contributed by atoms with E-state index in [1.807, 2.05) is 41.1 Å². The van der Waals surface area contributed by atoms with Crippen LogP contribution in [0.4, 0.5) is 5.82 Å². The molecule has 6 rings (SSSR count). The molecule has 2 aliphatic rings. The highest BCUT2D eigenvalue weighted by atomic mass is 32.2. The minimum Gasteiger partial charge on any atom is -0.356 e. The molecule has 0 radical (unpaired) electrons. The summed E-state index contributed by atoms with van der Waals surface area (Å²) < 4.78 is 1.96. The maximum absolute atomic E-state index is 9.54. The molecule has 1 saturated heterocycles. The maximum Gasteiger partial charge on any atom is 0.141 e. The maximum atomic E-state index is 9.54. The molecule has 0 saturated carbocycles. The van der Waals surface area contributed by atoms with E-state index in [9.17, 15) is 5.26 Å². The van der Waals surface area contributed by atoms with Gasteiger partial charge in [-0.2, -0.15) is 10.4 Å². The van der Waals surface area contributed by atoms with Crippen molar-refractivity contribution >= 4 is 28.6 Å². The summed E-state index contributed by atoms with van der Waals surface area (Å²) in [6.45, 7) is 1.83. The van der Waals surface area contributed by atoms with E-state index in [-0.39, 0.29) is 6.04 Å². The summed E-state index contributed by atoms with van der Waals surface area (Å²) in [5.41, 5.74) is 3.96. The molecule has 1 fully saturated rings. The van der Waals surface area contributed by atoms with Crippen LogP contribution in [-0.2, 0) is 6.42 Å². The smallest absolute Gasteiger partial charge is 0.141 e. The number of aromatic nitrogens is 6. The normalized spacial score (nSPS) is 18.7. The molecule has 0 aromatic carbocycles. The van der Waals surface area contributed by atoms with E-state index >= 15 is 0 Å². The minimum atomic E-state index is 0.0195. The van der Waals surface area contributed by atoms with Crippen molar-refractivity contribution in [2.75, 3.05) is 23.7 Å². The number of hydrogen-bond donors (Lipinski definition) is 1. The largest absolute Gasteiger partial charge is 0.356 e. The second kappa shape index (κ2) is 7.95. The van der Waals surface area contributed by atoms with Crippen molar-refractivity contribution in [2.45, 2.75) is 30.3 Å². The van der Waals surface area contributed by atoms with E-state index in [2.05, 4.69) is 43.2 Å². The lowest BCUT2D eigenvalue weighted by Crippen LogP contribution is -2.25. The molecule has 0 bridgehead atoms. The third kappa shape index (κ3) is 3.31. The van der Waals surface area contributed by atoms with Gasteiger partial charge in [0.15, 0.2) is 0 Å². The van der Waals surface area contributed by atoms with Gasteiger partial charge in [-0.3, -0.25) is 4.68 Å². The highest BCUT2D eigenvalue weighted by Gasteiger charge is 2.32. The Bertz CT molecular complexity index is 1320. The molecular formula is C23H22N8S. The number of aryl methyl sites for hydroxylation is 1. The average Bonchev–Trinajstić information content (AvgIpc) is 3.62. The molecule has 4 aromatic rings. The number of aromatic amines is 1. The quantitative estimate of drug-likeness (QED) is 0.501. The number of nitrogens with zero attached hydrogens (tertiary/aromatic N) is 7. The zero-order valence-electron chi connectivity index (χ0n) is 17.5. The Labute approximate surface area is 189 Å². The van der Waals surface area contributed by atoms with Gasteiger partial charge in [-0.05, 0) is 30.5 Å². The molecule has 8 nitrogen and oxygen atoms in total. The van der Waals surface area contributed by atoms with E-state index in [0.717, 1.165) is 59.8 Å². The molecule has 1 N–H and O–H groups in total. The first-order chi connectivity index (χ1) is 15.8. The van der Waals surface area contributed by atoms with Crippen molar-refractivity contribution < 1.29 is 0 Å². The van der Waals surface area contributed by atoms with Gasteiger partial charge in [0, 0.05) is 48.1 Å². The van der Waals surface area contributed by atoms with Crippen molar-refractivity contribution in [1.29, 1.82) is 5.26 Å². The number of fused-ring (bicyclic) bond motifs is 2. The van der Waals surface area contributed by atoms with Crippen LogP contribution in [0.1, 0.15) is 24.4 Å². The summed E-state index contributed by atoms with van der Waals surface area (Å²) in [5.74, 6) is 2.51. The summed E-state index contributed by atoms with van der Waals surface area (Å²) in [6.07, 6.45) is 9.84. The number of H-pyrrole nitrogens is 1. The van der Waals surface area contributed by atoms with Gasteiger partial charge in [0.25, 0.3) is 0 Å². The Morgan fingerprint density at radius 2 is 2.25 bits per heavy atom. The van der Waals surface area contributed by atoms with Crippen molar-refractivity contribution in [3.63, 3.8) is 0 Å². The first-order valence-corrected chi connectivity index (χ1v) is 11.9. The van der Waals surface area contributed by atoms with Crippen molar-refractivity contribution in [3.8, 4) is 17.3 Å². The summed E-state index contributed by atoms with van der Waals surface area (Å²) >= 11 is 1.85. The van der Waals surface area contributed by atoms with Crippen LogP contribution < -0.4 is 4.90 Å². The van der Waals surface area contributed by atoms with E-state index in [0.29, 0.717) is 12.3 Å². The molecule has 32 heavy (non-hydrogen) atoms. The number of anilines is 1. The van der Waals surface area contributed by atoms with Crippen LogP contribution in [0.15, 0.2) is 48.1 Å². The fraction of sp³-hybridized carbons (Fsp3) is 0.348. The highest BCUT2D eigenvalue weighted by molar-refractivity contribution is 7.99. The fourth-order valence-electron chi connectivity index (χ4n) is 4.83. The summed E-state index contributed by atoms with van der Waals surface area (Å²) in [6, 6.07) is 8.75. The number of nitriles is 1. The van der Waals surface area contributed by atoms with Gasteiger partial charge >= 0.3 is 0 Å². The highest BCUT2D eigenvalue weighted by Crippen LogP contribution is 2.36. The van der Waals surface area contributed by atoms with Gasteiger partial charge < -0.3 is 9.88 Å². The fourth-order valence-corrected chi connectivity index (χ4v) is 5.86. The standard InChI is InChI=1S/C23H22N8S/c24-7-3-19(16-5-9-30(12-16)20-2-1-15-6-10-32-23(15)29-20)31-13-17(11-28-31)21-18-4-8-25-22(18)27-14-26-21/h1-2,4,8,11,13-14,16,19H,3,5-6,9-10,12H2,(H,25,26,27). The van der Waals surface area contributed by atoms with E-state index in [1.54, 1.807) is 6.33 Å². The van der Waals surface area contributed by atoms with Crippen LogP contribution in [-0.4, -0.2) is 48.6 Å². The van der Waals surface area contributed by atoms with Gasteiger partial charge in [0.05, 0.1) is 30.4 Å². The lowest BCUT2D eigenvalue weighted by Gasteiger charge is -2.23. The van der Waals surface area contributed by atoms with Crippen LogP contribution in [0.2, 0.25) is 0 Å². The minimum absolute atomic E-state index is 0.0195. The van der Waals surface area contributed by atoms with Gasteiger partial charge in [0.1, 0.15) is 22.8 Å². The first-order valence-electron chi connectivity index (χ1n) is 10.9. The van der Waals surface area contributed by atoms with E-state index in [4.69, 9.17) is 4.98 Å². The molecule has 6 heterocycles. The average molecular weight is 443 g/mol. The van der Waals surface area contributed by atoms with Gasteiger partial charge in [-0.1, -0.05) is 6.07 Å². The topological polar surface area (TPSA) is 99.3 Å². The number of pyridine rings is 1. The van der Waals surface area contributed by atoms with Crippen LogP contribution in [0, 0.1) is 17.2 Å². The molecule has 9 heteroatoms. The van der Waals surface area contributed by atoms with Gasteiger partial charge in [0.2, 0.25) is 0 Å². The monoisotopic (exact) mass is 442 g/mol. The number of rotatable bonds is 5. The predicted molar refractivity (Wildman–Crippen MR) is 123 cm³/mol. The lowest BCUT2D eigenvalue weighted by molar-refractivity contribution is 0.332. The predicted octanol–water partition coefficient (Wildman–Crippen LogP) is 3.85. The zero-order valence-corrected chi connectivity index (χ0v) is 18.3. The molecule has 0 spiro atoms. The summed E-state index contributed by atoms with van der Waals surface area (Å²) in [4.78, 5) is 19.1. The molecule has 4 aromatic heterocycles. The SMILES string of the molecule is N#CCC(C1CCN(c2ccc3c(n2)SCC3)C1)n1cc(-c2ncnc3[nH]ccc23)cn1. The second-order valence-corrected chi connectivity index (χ2v) is 9.41. The zero-order chi connectivity index (χ0) is 21.5. The Kier molecular flexibility index (Phi) is 4.80. The van der Waals surface area contributed by atoms with Crippen LogP contribution >= 0.6 is 11.8 Å². The Hall–Kier alpha value is -3.38. The Balaban J connectivity index is 1.25. The number of thioether (sulfide) groups is 1. The number of nitrogens with one attached hydrogen (secondary N) is 1. The lowest BCUT2D eigenvalue weighted by atomic mass is 9.96. The molecule has 2 atom stereocenters. The molecule has 0 amide bonds. The van der Waals surface area contributed by atoms with Crippen molar-refractivity contribution in [2.24, 2.45) is 5.92 Å². The summed E-state index contributed by atoms with van der Waals surface area (Å²) in [5, 5.41) is 16.3. The summed E-state index contributed by atoms with van der Waals surface area (Å²) in [7, 11) is 0.